The molecule has 0 N–H and O–H groups in total. The van der Waals surface area contributed by atoms with Gasteiger partial charge in [0.1, 0.15) is 11.3 Å². The first-order valence-corrected chi connectivity index (χ1v) is 9.45. The van der Waals surface area contributed by atoms with E-state index in [1.807, 2.05) is 31.2 Å². The van der Waals surface area contributed by atoms with Crippen LogP contribution >= 0.6 is 0 Å². The molecule has 5 nitrogen and oxygen atoms in total. The van der Waals surface area contributed by atoms with Gasteiger partial charge in [0.2, 0.25) is 0 Å². The molecule has 0 radical (unpaired) electrons. The van der Waals surface area contributed by atoms with Crippen LogP contribution in [0.3, 0.4) is 0 Å². The molecule has 0 saturated carbocycles. The molecular formula is C22H24N2O3. The molecule has 0 unspecified atom stereocenters. The molecule has 0 bridgehead atoms. The molecule has 1 aliphatic rings. The molecule has 27 heavy (non-hydrogen) atoms. The number of fused-ring (bicyclic) bond motifs is 1. The summed E-state index contributed by atoms with van der Waals surface area (Å²) in [6.07, 6.45) is 0. The fourth-order valence-electron chi connectivity index (χ4n) is 3.64. The fourth-order valence-corrected chi connectivity index (χ4v) is 3.64. The van der Waals surface area contributed by atoms with Crippen LogP contribution in [0.25, 0.3) is 11.0 Å². The Morgan fingerprint density at radius 2 is 1.78 bits per heavy atom. The average Bonchev–Trinajstić information content (AvgIpc) is 2.70. The van der Waals surface area contributed by atoms with Crippen molar-refractivity contribution in [3.63, 3.8) is 0 Å². The zero-order chi connectivity index (χ0) is 18.6. The van der Waals surface area contributed by atoms with E-state index in [2.05, 4.69) is 34.1 Å². The van der Waals surface area contributed by atoms with Crippen molar-refractivity contribution in [1.82, 2.24) is 4.90 Å². The predicted octanol–water partition coefficient (Wildman–Crippen LogP) is 3.51. The van der Waals surface area contributed by atoms with Gasteiger partial charge in [-0.2, -0.15) is 0 Å². The molecule has 2 heterocycles. The number of para-hydroxylation sites is 1. The maximum absolute atomic E-state index is 12.0. The highest BCUT2D eigenvalue weighted by atomic mass is 16.5. The number of piperazine rings is 1. The standard InChI is InChI=1S/C22H24N2O3/c1-2-26-19-8-9-21-20(15-19)17(14-22(25)27-21)16-23-10-12-24(13-11-23)18-6-4-3-5-7-18/h3-9,14-15H,2,10-13,16H2,1H3. The monoisotopic (exact) mass is 364 g/mol. The van der Waals surface area contributed by atoms with E-state index in [-0.39, 0.29) is 5.63 Å². The summed E-state index contributed by atoms with van der Waals surface area (Å²) in [6.45, 7) is 7.19. The third kappa shape index (κ3) is 3.98. The van der Waals surface area contributed by atoms with Crippen LogP contribution in [0.5, 0.6) is 5.75 Å². The van der Waals surface area contributed by atoms with E-state index in [0.717, 1.165) is 49.4 Å². The minimum absolute atomic E-state index is 0.301. The normalized spacial score (nSPS) is 15.2. The average molecular weight is 364 g/mol. The molecule has 4 rings (SSSR count). The van der Waals surface area contributed by atoms with Crippen molar-refractivity contribution < 1.29 is 9.15 Å². The summed E-state index contributed by atoms with van der Waals surface area (Å²) in [6, 6.07) is 17.7. The van der Waals surface area contributed by atoms with Crippen molar-refractivity contribution in [2.45, 2.75) is 13.5 Å². The van der Waals surface area contributed by atoms with E-state index >= 15 is 0 Å². The molecule has 1 aliphatic heterocycles. The predicted molar refractivity (Wildman–Crippen MR) is 108 cm³/mol. The van der Waals surface area contributed by atoms with Gasteiger partial charge in [-0.3, -0.25) is 4.90 Å². The number of benzene rings is 2. The molecule has 140 valence electrons. The summed E-state index contributed by atoms with van der Waals surface area (Å²) in [4.78, 5) is 16.8. The second-order valence-corrected chi connectivity index (χ2v) is 6.78. The Morgan fingerprint density at radius 1 is 1.00 bits per heavy atom. The Morgan fingerprint density at radius 3 is 2.52 bits per heavy atom. The second kappa shape index (κ2) is 7.84. The van der Waals surface area contributed by atoms with Gasteiger partial charge in [-0.1, -0.05) is 18.2 Å². The zero-order valence-corrected chi connectivity index (χ0v) is 15.6. The first-order chi connectivity index (χ1) is 13.2. The first-order valence-electron chi connectivity index (χ1n) is 9.45. The van der Waals surface area contributed by atoms with Crippen LogP contribution in [-0.2, 0) is 6.54 Å². The van der Waals surface area contributed by atoms with E-state index in [1.54, 1.807) is 6.07 Å². The molecular weight excluding hydrogens is 340 g/mol. The molecule has 0 amide bonds. The van der Waals surface area contributed by atoms with Gasteiger partial charge < -0.3 is 14.1 Å². The van der Waals surface area contributed by atoms with Crippen molar-refractivity contribution in [3.8, 4) is 5.75 Å². The minimum atomic E-state index is -0.301. The number of nitrogens with zero attached hydrogens (tertiary/aromatic N) is 2. The smallest absolute Gasteiger partial charge is 0.336 e. The van der Waals surface area contributed by atoms with Crippen molar-refractivity contribution in [1.29, 1.82) is 0 Å². The highest BCUT2D eigenvalue weighted by Crippen LogP contribution is 2.25. The van der Waals surface area contributed by atoms with E-state index in [0.29, 0.717) is 12.2 Å². The van der Waals surface area contributed by atoms with Crippen molar-refractivity contribution in [2.75, 3.05) is 37.7 Å². The lowest BCUT2D eigenvalue weighted by molar-refractivity contribution is 0.250. The van der Waals surface area contributed by atoms with Gasteiger partial charge in [0, 0.05) is 49.9 Å². The first kappa shape index (κ1) is 17.6. The molecule has 1 fully saturated rings. The maximum Gasteiger partial charge on any atom is 0.336 e. The number of rotatable bonds is 5. The molecule has 0 spiro atoms. The highest BCUT2D eigenvalue weighted by molar-refractivity contribution is 5.81. The lowest BCUT2D eigenvalue weighted by Crippen LogP contribution is -2.46. The number of hydrogen-bond donors (Lipinski definition) is 0. The number of anilines is 1. The van der Waals surface area contributed by atoms with E-state index in [1.165, 1.54) is 5.69 Å². The zero-order valence-electron chi connectivity index (χ0n) is 15.6. The van der Waals surface area contributed by atoms with Crippen LogP contribution < -0.4 is 15.3 Å². The van der Waals surface area contributed by atoms with E-state index in [4.69, 9.17) is 9.15 Å². The Kier molecular flexibility index (Phi) is 5.12. The van der Waals surface area contributed by atoms with Crippen LogP contribution in [0.15, 0.2) is 63.8 Å². The largest absolute Gasteiger partial charge is 0.494 e. The van der Waals surface area contributed by atoms with Gasteiger partial charge in [-0.05, 0) is 42.8 Å². The maximum atomic E-state index is 12.0. The summed E-state index contributed by atoms with van der Waals surface area (Å²) in [5.74, 6) is 0.800. The molecule has 0 aliphatic carbocycles. The molecule has 1 aromatic heterocycles. The SMILES string of the molecule is CCOc1ccc2oc(=O)cc(CN3CCN(c4ccccc4)CC3)c2c1. The molecule has 5 heteroatoms. The van der Waals surface area contributed by atoms with Crippen molar-refractivity contribution in [3.05, 3.63) is 70.6 Å². The van der Waals surface area contributed by atoms with Crippen LogP contribution in [0.2, 0.25) is 0 Å². The molecule has 3 aromatic rings. The Hall–Kier alpha value is -2.79. The number of hydrogen-bond acceptors (Lipinski definition) is 5. The molecule has 0 atom stereocenters. The third-order valence-corrected chi connectivity index (χ3v) is 5.00. The van der Waals surface area contributed by atoms with Crippen LogP contribution in [0.1, 0.15) is 12.5 Å². The van der Waals surface area contributed by atoms with Gasteiger partial charge in [-0.15, -0.1) is 0 Å². The van der Waals surface area contributed by atoms with Gasteiger partial charge in [0.25, 0.3) is 0 Å². The van der Waals surface area contributed by atoms with Crippen LogP contribution in [-0.4, -0.2) is 37.7 Å². The summed E-state index contributed by atoms with van der Waals surface area (Å²) < 4.78 is 11.0. The highest BCUT2D eigenvalue weighted by Gasteiger charge is 2.18. The summed E-state index contributed by atoms with van der Waals surface area (Å²) >= 11 is 0. The Balaban J connectivity index is 1.52. The fraction of sp³-hybridized carbons (Fsp3) is 0.318. The topological polar surface area (TPSA) is 45.9 Å². The van der Waals surface area contributed by atoms with Crippen molar-refractivity contribution in [2.24, 2.45) is 0 Å². The molecule has 2 aromatic carbocycles. The lowest BCUT2D eigenvalue weighted by atomic mass is 10.1. The van der Waals surface area contributed by atoms with Gasteiger partial charge in [-0.25, -0.2) is 4.79 Å². The Bertz CT molecular complexity index is 960. The minimum Gasteiger partial charge on any atom is -0.494 e. The van der Waals surface area contributed by atoms with Crippen molar-refractivity contribution >= 4 is 16.7 Å². The van der Waals surface area contributed by atoms with Gasteiger partial charge >= 0.3 is 5.63 Å². The number of ether oxygens (including phenoxy) is 1. The van der Waals surface area contributed by atoms with E-state index in [9.17, 15) is 4.79 Å². The summed E-state index contributed by atoms with van der Waals surface area (Å²) in [5, 5.41) is 0.950. The Labute approximate surface area is 158 Å². The van der Waals surface area contributed by atoms with E-state index < -0.39 is 0 Å². The molecule has 1 saturated heterocycles. The summed E-state index contributed by atoms with van der Waals surface area (Å²) in [7, 11) is 0. The second-order valence-electron chi connectivity index (χ2n) is 6.78. The summed E-state index contributed by atoms with van der Waals surface area (Å²) in [5.41, 5.74) is 2.58. The van der Waals surface area contributed by atoms with Gasteiger partial charge in [0.05, 0.1) is 6.61 Å². The van der Waals surface area contributed by atoms with Crippen LogP contribution in [0, 0.1) is 0 Å². The quantitative estimate of drug-likeness (QED) is 0.648. The third-order valence-electron chi connectivity index (χ3n) is 5.00. The lowest BCUT2D eigenvalue weighted by Gasteiger charge is -2.36. The van der Waals surface area contributed by atoms with Gasteiger partial charge in [0.15, 0.2) is 0 Å². The van der Waals surface area contributed by atoms with Crippen LogP contribution in [0.4, 0.5) is 5.69 Å².